The predicted octanol–water partition coefficient (Wildman–Crippen LogP) is 2.80. The fourth-order valence-corrected chi connectivity index (χ4v) is 3.12. The topological polar surface area (TPSA) is 53.5 Å². The molecule has 2 aromatic rings. The van der Waals surface area contributed by atoms with Crippen LogP contribution in [-0.2, 0) is 9.59 Å². The third-order valence-electron chi connectivity index (χ3n) is 4.33. The van der Waals surface area contributed by atoms with E-state index in [4.69, 9.17) is 0 Å². The second-order valence-corrected chi connectivity index (χ2v) is 6.04. The van der Waals surface area contributed by atoms with Gasteiger partial charge in [0.15, 0.2) is 0 Å². The molecule has 1 fully saturated rings. The first-order chi connectivity index (χ1) is 11.6. The Morgan fingerprint density at radius 2 is 2.17 bits per heavy atom. The molecule has 0 spiro atoms. The van der Waals surface area contributed by atoms with Gasteiger partial charge in [-0.25, -0.2) is 0 Å². The van der Waals surface area contributed by atoms with Crippen LogP contribution in [0, 0.1) is 12.8 Å². The summed E-state index contributed by atoms with van der Waals surface area (Å²) < 4.78 is 0. The minimum absolute atomic E-state index is 0.00263. The fourth-order valence-electron chi connectivity index (χ4n) is 3.12. The number of pyridine rings is 1. The van der Waals surface area contributed by atoms with Gasteiger partial charge in [-0.05, 0) is 43.7 Å². The van der Waals surface area contributed by atoms with Gasteiger partial charge in [-0.3, -0.25) is 14.6 Å². The average molecular weight is 323 g/mol. The quantitative estimate of drug-likeness (QED) is 0.869. The molecule has 1 unspecified atom stereocenters. The Bertz CT molecular complexity index is 745. The van der Waals surface area contributed by atoms with Crippen LogP contribution in [0.5, 0.6) is 0 Å². The summed E-state index contributed by atoms with van der Waals surface area (Å²) in [6.07, 6.45) is 3.57. The highest BCUT2D eigenvalue weighted by molar-refractivity contribution is 6.04. The van der Waals surface area contributed by atoms with E-state index in [-0.39, 0.29) is 24.2 Å². The Morgan fingerprint density at radius 3 is 2.83 bits per heavy atom. The monoisotopic (exact) mass is 323 g/mol. The smallest absolute Gasteiger partial charge is 0.232 e. The van der Waals surface area contributed by atoms with Crippen LogP contribution in [0.4, 0.5) is 11.4 Å². The molecule has 0 N–H and O–H groups in total. The summed E-state index contributed by atoms with van der Waals surface area (Å²) in [7, 11) is 0. The Hall–Kier alpha value is -2.69. The lowest BCUT2D eigenvalue weighted by molar-refractivity contribution is -0.124. The van der Waals surface area contributed by atoms with E-state index in [0.717, 1.165) is 16.9 Å². The van der Waals surface area contributed by atoms with Crippen molar-refractivity contribution in [3.63, 3.8) is 0 Å². The van der Waals surface area contributed by atoms with Crippen LogP contribution in [0.1, 0.15) is 18.9 Å². The van der Waals surface area contributed by atoms with Crippen molar-refractivity contribution >= 4 is 23.2 Å². The minimum Gasteiger partial charge on any atom is -0.312 e. The van der Waals surface area contributed by atoms with Gasteiger partial charge in [0.25, 0.3) is 0 Å². The van der Waals surface area contributed by atoms with E-state index >= 15 is 0 Å². The van der Waals surface area contributed by atoms with Gasteiger partial charge >= 0.3 is 0 Å². The van der Waals surface area contributed by atoms with Crippen LogP contribution in [0.25, 0.3) is 0 Å². The molecular weight excluding hydrogens is 302 g/mol. The van der Waals surface area contributed by atoms with E-state index < -0.39 is 0 Å². The number of amides is 2. The molecule has 0 aliphatic carbocycles. The summed E-state index contributed by atoms with van der Waals surface area (Å²) in [5, 5.41) is 0. The van der Waals surface area contributed by atoms with E-state index in [1.54, 1.807) is 28.3 Å². The second-order valence-electron chi connectivity index (χ2n) is 6.04. The summed E-state index contributed by atoms with van der Waals surface area (Å²) in [4.78, 5) is 32.7. The van der Waals surface area contributed by atoms with Crippen LogP contribution in [-0.4, -0.2) is 29.9 Å². The van der Waals surface area contributed by atoms with Crippen molar-refractivity contribution in [3.05, 3.63) is 54.4 Å². The van der Waals surface area contributed by atoms with E-state index in [1.807, 2.05) is 44.2 Å². The summed E-state index contributed by atoms with van der Waals surface area (Å²) in [6.45, 7) is 4.95. The maximum Gasteiger partial charge on any atom is 0.232 e. The van der Waals surface area contributed by atoms with Gasteiger partial charge in [0, 0.05) is 31.4 Å². The van der Waals surface area contributed by atoms with Crippen LogP contribution in [0.2, 0.25) is 0 Å². The van der Waals surface area contributed by atoms with Crippen LogP contribution < -0.4 is 9.80 Å². The van der Waals surface area contributed by atoms with Crippen molar-refractivity contribution in [3.8, 4) is 0 Å². The molecule has 5 nitrogen and oxygen atoms in total. The number of hydrogen-bond donors (Lipinski definition) is 0. The molecule has 0 bridgehead atoms. The van der Waals surface area contributed by atoms with Crippen molar-refractivity contribution in [1.82, 2.24) is 4.98 Å². The van der Waals surface area contributed by atoms with E-state index in [2.05, 4.69) is 4.98 Å². The molecule has 24 heavy (non-hydrogen) atoms. The lowest BCUT2D eigenvalue weighted by Crippen LogP contribution is -2.37. The fraction of sp³-hybridized carbons (Fsp3) is 0.316. The number of anilines is 2. The zero-order valence-electron chi connectivity index (χ0n) is 14.0. The van der Waals surface area contributed by atoms with E-state index in [0.29, 0.717) is 13.1 Å². The number of aryl methyl sites for hydroxylation is 1. The number of benzene rings is 1. The first-order valence-electron chi connectivity index (χ1n) is 8.18. The van der Waals surface area contributed by atoms with Gasteiger partial charge in [0.1, 0.15) is 0 Å². The molecule has 1 aromatic heterocycles. The standard InChI is InChI=1S/C19H21N3O2/c1-3-21(16-7-4-6-14(2)10-16)19(24)15-11-18(23)22(13-15)17-8-5-9-20-12-17/h4-10,12,15H,3,11,13H2,1-2H3. The number of nitrogens with zero attached hydrogens (tertiary/aromatic N) is 3. The van der Waals surface area contributed by atoms with Crippen molar-refractivity contribution in [2.75, 3.05) is 22.9 Å². The second kappa shape index (κ2) is 6.83. The summed E-state index contributed by atoms with van der Waals surface area (Å²) in [5.74, 6) is -0.345. The van der Waals surface area contributed by atoms with E-state index in [9.17, 15) is 9.59 Å². The van der Waals surface area contributed by atoms with Gasteiger partial charge in [-0.2, -0.15) is 0 Å². The van der Waals surface area contributed by atoms with Gasteiger partial charge in [0.05, 0.1) is 17.8 Å². The molecule has 1 atom stereocenters. The van der Waals surface area contributed by atoms with Crippen LogP contribution >= 0.6 is 0 Å². The molecule has 1 aromatic carbocycles. The molecule has 1 aliphatic rings. The molecule has 1 aliphatic heterocycles. The largest absolute Gasteiger partial charge is 0.312 e. The van der Waals surface area contributed by atoms with Crippen molar-refractivity contribution in [1.29, 1.82) is 0 Å². The SMILES string of the molecule is CCN(C(=O)C1CC(=O)N(c2cccnc2)C1)c1cccc(C)c1. The lowest BCUT2D eigenvalue weighted by atomic mass is 10.1. The first kappa shape index (κ1) is 16.2. The molecule has 1 saturated heterocycles. The Balaban J connectivity index is 1.79. The van der Waals surface area contributed by atoms with Gasteiger partial charge in [0.2, 0.25) is 11.8 Å². The maximum atomic E-state index is 12.9. The molecule has 2 heterocycles. The van der Waals surface area contributed by atoms with Gasteiger partial charge in [-0.15, -0.1) is 0 Å². The first-order valence-corrected chi connectivity index (χ1v) is 8.18. The zero-order valence-corrected chi connectivity index (χ0v) is 14.0. The highest BCUT2D eigenvalue weighted by Crippen LogP contribution is 2.27. The van der Waals surface area contributed by atoms with Crippen molar-refractivity contribution < 1.29 is 9.59 Å². The maximum absolute atomic E-state index is 12.9. The normalized spacial score (nSPS) is 17.2. The molecule has 0 saturated carbocycles. The average Bonchev–Trinajstić information content (AvgIpc) is 2.98. The highest BCUT2D eigenvalue weighted by atomic mass is 16.2. The number of hydrogen-bond acceptors (Lipinski definition) is 3. The minimum atomic E-state index is -0.321. The van der Waals surface area contributed by atoms with Crippen molar-refractivity contribution in [2.24, 2.45) is 5.92 Å². The summed E-state index contributed by atoms with van der Waals surface area (Å²) in [5.41, 5.74) is 2.74. The molecule has 2 amide bonds. The Morgan fingerprint density at radius 1 is 1.33 bits per heavy atom. The molecular formula is C19H21N3O2. The lowest BCUT2D eigenvalue weighted by Gasteiger charge is -2.24. The number of rotatable bonds is 4. The van der Waals surface area contributed by atoms with Gasteiger partial charge < -0.3 is 9.80 Å². The van der Waals surface area contributed by atoms with Crippen LogP contribution in [0.3, 0.4) is 0 Å². The zero-order chi connectivity index (χ0) is 17.1. The Labute approximate surface area is 141 Å². The van der Waals surface area contributed by atoms with Gasteiger partial charge in [-0.1, -0.05) is 12.1 Å². The molecule has 0 radical (unpaired) electrons. The number of carbonyl (C=O) groups excluding carboxylic acids is 2. The molecule has 5 heteroatoms. The number of aromatic nitrogens is 1. The van der Waals surface area contributed by atoms with Crippen molar-refractivity contribution in [2.45, 2.75) is 20.3 Å². The third kappa shape index (κ3) is 3.15. The predicted molar refractivity (Wildman–Crippen MR) is 93.9 cm³/mol. The molecule has 124 valence electrons. The Kier molecular flexibility index (Phi) is 4.60. The molecule has 3 rings (SSSR count). The van der Waals surface area contributed by atoms with Crippen LogP contribution in [0.15, 0.2) is 48.8 Å². The summed E-state index contributed by atoms with van der Waals surface area (Å²) >= 11 is 0. The van der Waals surface area contributed by atoms with E-state index in [1.165, 1.54) is 0 Å². The summed E-state index contributed by atoms with van der Waals surface area (Å²) in [6, 6.07) is 11.5. The third-order valence-corrected chi connectivity index (χ3v) is 4.33. The number of carbonyl (C=O) groups is 2. The highest BCUT2D eigenvalue weighted by Gasteiger charge is 2.37.